The van der Waals surface area contributed by atoms with Gasteiger partial charge in [0.05, 0.1) is 12.4 Å². The van der Waals surface area contributed by atoms with Gasteiger partial charge in [0.15, 0.2) is 0 Å². The van der Waals surface area contributed by atoms with Gasteiger partial charge in [-0.05, 0) is 0 Å². The normalized spacial score (nSPS) is 10.2. The predicted molar refractivity (Wildman–Crippen MR) is 31.4 cm³/mol. The zero-order chi connectivity index (χ0) is 6.53. The van der Waals surface area contributed by atoms with Crippen molar-refractivity contribution in [3.63, 3.8) is 0 Å². The highest BCUT2D eigenvalue weighted by Crippen LogP contribution is 1.82. The van der Waals surface area contributed by atoms with E-state index in [4.69, 9.17) is 5.21 Å². The Kier molecular flexibility index (Phi) is 1.74. The summed E-state index contributed by atoms with van der Waals surface area (Å²) in [5, 5.41) is 10.8. The first-order valence-corrected chi connectivity index (χ1v) is 2.37. The third-order valence-electron chi connectivity index (χ3n) is 0.773. The Morgan fingerprint density at radius 1 is 1.56 bits per heavy atom. The summed E-state index contributed by atoms with van der Waals surface area (Å²) in [7, 11) is 0. The number of hydrogen-bond acceptors (Lipinski definition) is 4. The highest BCUT2D eigenvalue weighted by Gasteiger charge is 1.82. The van der Waals surface area contributed by atoms with E-state index in [-0.39, 0.29) is 0 Å². The molecular formula is C5H5N3O. The topological polar surface area (TPSA) is 58.4 Å². The molecular weight excluding hydrogens is 118 g/mol. The average molecular weight is 123 g/mol. The van der Waals surface area contributed by atoms with Crippen molar-refractivity contribution in [3.05, 3.63) is 24.3 Å². The zero-order valence-electron chi connectivity index (χ0n) is 4.60. The zero-order valence-corrected chi connectivity index (χ0v) is 4.60. The summed E-state index contributed by atoms with van der Waals surface area (Å²) >= 11 is 0. The molecule has 1 aromatic heterocycles. The maximum Gasteiger partial charge on any atom is 0.103 e. The summed E-state index contributed by atoms with van der Waals surface area (Å²) in [5.74, 6) is 0. The summed E-state index contributed by atoms with van der Waals surface area (Å²) in [5.41, 5.74) is 0.542. The predicted octanol–water partition coefficient (Wildman–Crippen LogP) is 0.285. The lowest BCUT2D eigenvalue weighted by atomic mass is 10.5. The van der Waals surface area contributed by atoms with Crippen LogP contribution in [-0.4, -0.2) is 21.4 Å². The Hall–Kier alpha value is -1.45. The lowest BCUT2D eigenvalue weighted by Gasteiger charge is -1.83. The van der Waals surface area contributed by atoms with Crippen molar-refractivity contribution >= 4 is 6.21 Å². The van der Waals surface area contributed by atoms with Crippen LogP contribution in [0.5, 0.6) is 0 Å². The van der Waals surface area contributed by atoms with Crippen molar-refractivity contribution in [1.29, 1.82) is 0 Å². The van der Waals surface area contributed by atoms with Gasteiger partial charge in [0.25, 0.3) is 0 Å². The summed E-state index contributed by atoms with van der Waals surface area (Å²) in [6.07, 6.45) is 5.79. The van der Waals surface area contributed by atoms with E-state index >= 15 is 0 Å². The van der Waals surface area contributed by atoms with Gasteiger partial charge < -0.3 is 5.21 Å². The van der Waals surface area contributed by atoms with E-state index in [9.17, 15) is 0 Å². The van der Waals surface area contributed by atoms with Gasteiger partial charge in [-0.1, -0.05) is 5.16 Å². The molecule has 1 aromatic rings. The van der Waals surface area contributed by atoms with E-state index in [0.717, 1.165) is 0 Å². The average Bonchev–Trinajstić information content (AvgIpc) is 1.91. The van der Waals surface area contributed by atoms with Gasteiger partial charge in [-0.25, -0.2) is 0 Å². The first-order chi connectivity index (χ1) is 4.43. The molecule has 4 nitrogen and oxygen atoms in total. The standard InChI is InChI=1S/C5H5N3O/c9-8-4-5-3-6-1-2-7-5/h1-4,9H. The fraction of sp³-hybridized carbons (Fsp3) is 0. The Bertz CT molecular complexity index is 197. The molecule has 1 N–H and O–H groups in total. The van der Waals surface area contributed by atoms with Crippen molar-refractivity contribution in [2.24, 2.45) is 5.16 Å². The van der Waals surface area contributed by atoms with Gasteiger partial charge in [0.2, 0.25) is 0 Å². The Morgan fingerprint density at radius 2 is 2.44 bits per heavy atom. The Morgan fingerprint density at radius 3 is 3.00 bits per heavy atom. The van der Waals surface area contributed by atoms with Crippen LogP contribution in [0.2, 0.25) is 0 Å². The smallest absolute Gasteiger partial charge is 0.103 e. The second-order valence-electron chi connectivity index (χ2n) is 1.37. The molecule has 9 heavy (non-hydrogen) atoms. The SMILES string of the molecule is ON=Cc1cnccn1. The first kappa shape index (κ1) is 5.68. The van der Waals surface area contributed by atoms with Crippen LogP contribution >= 0.6 is 0 Å². The fourth-order valence-electron chi connectivity index (χ4n) is 0.436. The van der Waals surface area contributed by atoms with Crippen LogP contribution in [0.15, 0.2) is 23.7 Å². The van der Waals surface area contributed by atoms with Crippen LogP contribution in [-0.2, 0) is 0 Å². The van der Waals surface area contributed by atoms with Gasteiger partial charge in [-0.3, -0.25) is 9.97 Å². The minimum atomic E-state index is 0.542. The molecule has 0 fully saturated rings. The molecule has 0 bridgehead atoms. The quantitative estimate of drug-likeness (QED) is 0.331. The van der Waals surface area contributed by atoms with Crippen molar-refractivity contribution in [3.8, 4) is 0 Å². The van der Waals surface area contributed by atoms with E-state index in [2.05, 4.69) is 15.1 Å². The van der Waals surface area contributed by atoms with E-state index in [1.54, 1.807) is 6.20 Å². The van der Waals surface area contributed by atoms with E-state index in [1.807, 2.05) is 0 Å². The molecule has 0 aliphatic heterocycles. The molecule has 1 rings (SSSR count). The Labute approximate surface area is 51.9 Å². The van der Waals surface area contributed by atoms with E-state index < -0.39 is 0 Å². The van der Waals surface area contributed by atoms with Gasteiger partial charge in [0.1, 0.15) is 5.69 Å². The first-order valence-electron chi connectivity index (χ1n) is 2.37. The highest BCUT2D eigenvalue weighted by atomic mass is 16.4. The third-order valence-corrected chi connectivity index (χ3v) is 0.773. The molecule has 0 spiro atoms. The number of hydrogen-bond donors (Lipinski definition) is 1. The van der Waals surface area contributed by atoms with Crippen molar-refractivity contribution in [2.45, 2.75) is 0 Å². The van der Waals surface area contributed by atoms with Crippen molar-refractivity contribution < 1.29 is 5.21 Å². The number of aromatic nitrogens is 2. The van der Waals surface area contributed by atoms with Crippen LogP contribution in [0.4, 0.5) is 0 Å². The minimum Gasteiger partial charge on any atom is -0.411 e. The molecule has 46 valence electrons. The molecule has 0 saturated heterocycles. The molecule has 0 aliphatic carbocycles. The molecule has 0 unspecified atom stereocenters. The van der Waals surface area contributed by atoms with Crippen molar-refractivity contribution in [1.82, 2.24) is 9.97 Å². The molecule has 0 aromatic carbocycles. The van der Waals surface area contributed by atoms with E-state index in [0.29, 0.717) is 5.69 Å². The minimum absolute atomic E-state index is 0.542. The van der Waals surface area contributed by atoms with Crippen LogP contribution < -0.4 is 0 Å². The molecule has 0 aliphatic rings. The lowest BCUT2D eigenvalue weighted by molar-refractivity contribution is 0.321. The van der Waals surface area contributed by atoms with Gasteiger partial charge >= 0.3 is 0 Å². The Balaban J connectivity index is 2.85. The summed E-state index contributed by atoms with van der Waals surface area (Å²) in [4.78, 5) is 7.54. The van der Waals surface area contributed by atoms with Crippen LogP contribution in [0.1, 0.15) is 5.69 Å². The largest absolute Gasteiger partial charge is 0.411 e. The fourth-order valence-corrected chi connectivity index (χ4v) is 0.436. The number of oxime groups is 1. The summed E-state index contributed by atoms with van der Waals surface area (Å²) in [6.45, 7) is 0. The van der Waals surface area contributed by atoms with Crippen molar-refractivity contribution in [2.75, 3.05) is 0 Å². The number of rotatable bonds is 1. The second-order valence-corrected chi connectivity index (χ2v) is 1.37. The monoisotopic (exact) mass is 123 g/mol. The summed E-state index contributed by atoms with van der Waals surface area (Å²) in [6, 6.07) is 0. The third kappa shape index (κ3) is 1.49. The molecule has 1 heterocycles. The molecule has 0 radical (unpaired) electrons. The van der Waals surface area contributed by atoms with Crippen LogP contribution in [0.25, 0.3) is 0 Å². The summed E-state index contributed by atoms with van der Waals surface area (Å²) < 4.78 is 0. The molecule has 0 amide bonds. The maximum absolute atomic E-state index is 8.02. The lowest BCUT2D eigenvalue weighted by Crippen LogP contribution is -1.85. The number of nitrogens with zero attached hydrogens (tertiary/aromatic N) is 3. The van der Waals surface area contributed by atoms with E-state index in [1.165, 1.54) is 18.6 Å². The maximum atomic E-state index is 8.02. The van der Waals surface area contributed by atoms with Gasteiger partial charge in [-0.15, -0.1) is 0 Å². The van der Waals surface area contributed by atoms with Gasteiger partial charge in [-0.2, -0.15) is 0 Å². The van der Waals surface area contributed by atoms with Crippen LogP contribution in [0, 0.1) is 0 Å². The van der Waals surface area contributed by atoms with Gasteiger partial charge in [0, 0.05) is 12.4 Å². The molecule has 0 atom stereocenters. The molecule has 0 saturated carbocycles. The molecule has 4 heteroatoms. The highest BCUT2D eigenvalue weighted by molar-refractivity contribution is 5.75. The van der Waals surface area contributed by atoms with Crippen LogP contribution in [0.3, 0.4) is 0 Å². The second kappa shape index (κ2) is 2.76.